The number of urea groups is 1. The number of ether oxygens (including phenoxy) is 3. The third kappa shape index (κ3) is 6.13. The maximum atomic E-state index is 13.0. The summed E-state index contributed by atoms with van der Waals surface area (Å²) < 4.78 is 22.0. The average molecular weight is 634 g/mol. The molecule has 0 aliphatic carbocycles. The highest BCUT2D eigenvalue weighted by Crippen LogP contribution is 2.44. The van der Waals surface area contributed by atoms with Gasteiger partial charge in [-0.15, -0.1) is 0 Å². The van der Waals surface area contributed by atoms with Crippen molar-refractivity contribution in [3.8, 4) is 11.5 Å². The maximum Gasteiger partial charge on any atom is 0.373 e. The number of amides is 3. The molecule has 2 heterocycles. The van der Waals surface area contributed by atoms with Gasteiger partial charge in [0.1, 0.15) is 23.1 Å². The Bertz CT molecular complexity index is 1530. The molecule has 13 heteroatoms. The van der Waals surface area contributed by atoms with Gasteiger partial charge in [0, 0.05) is 4.47 Å². The number of furan rings is 1. The number of benzene rings is 2. The van der Waals surface area contributed by atoms with Crippen molar-refractivity contribution >= 4 is 57.5 Å². The Labute approximate surface area is 241 Å². The van der Waals surface area contributed by atoms with E-state index >= 15 is 0 Å². The van der Waals surface area contributed by atoms with E-state index in [4.69, 9.17) is 25.5 Å². The first-order chi connectivity index (χ1) is 19.1. The van der Waals surface area contributed by atoms with E-state index < -0.39 is 23.9 Å². The van der Waals surface area contributed by atoms with Gasteiger partial charge in [-0.3, -0.25) is 9.69 Å². The van der Waals surface area contributed by atoms with Crippen LogP contribution < -0.4 is 14.8 Å². The van der Waals surface area contributed by atoms with Crippen molar-refractivity contribution in [2.24, 2.45) is 0 Å². The van der Waals surface area contributed by atoms with Gasteiger partial charge in [0.05, 0.1) is 25.8 Å². The van der Waals surface area contributed by atoms with Crippen LogP contribution in [0.4, 0.5) is 4.79 Å². The Morgan fingerprint density at radius 1 is 1.18 bits per heavy atom. The Morgan fingerprint density at radius 3 is 2.65 bits per heavy atom. The largest absolute Gasteiger partial charge is 0.490 e. The van der Waals surface area contributed by atoms with Crippen LogP contribution in [0, 0.1) is 0 Å². The summed E-state index contributed by atoms with van der Waals surface area (Å²) in [6.45, 7) is 1.86. The molecular weight excluding hydrogens is 612 g/mol. The molecule has 1 aliphatic rings. The van der Waals surface area contributed by atoms with Gasteiger partial charge in [-0.1, -0.05) is 23.7 Å². The number of carbonyl (C=O) groups excluding carboxylic acids is 3. The van der Waals surface area contributed by atoms with E-state index in [0.29, 0.717) is 15.6 Å². The van der Waals surface area contributed by atoms with Crippen LogP contribution in [0.5, 0.6) is 11.5 Å². The SMILES string of the molecule is CCOc1cc(/C=C2\NC(=O)N(Cc3ccc(C(=O)OC)o3)C2=O)c(Br)c(Cl)c1OCc1cccc(C(=O)O)c1. The first kappa shape index (κ1) is 28.7. The van der Waals surface area contributed by atoms with E-state index in [0.717, 1.165) is 4.90 Å². The fourth-order valence-electron chi connectivity index (χ4n) is 3.76. The summed E-state index contributed by atoms with van der Waals surface area (Å²) in [6, 6.07) is 10.1. The van der Waals surface area contributed by atoms with Crippen molar-refractivity contribution in [3.05, 3.63) is 85.9 Å². The van der Waals surface area contributed by atoms with Crippen molar-refractivity contribution in [1.82, 2.24) is 10.2 Å². The molecule has 2 aromatic carbocycles. The smallest absolute Gasteiger partial charge is 0.373 e. The summed E-state index contributed by atoms with van der Waals surface area (Å²) in [6.07, 6.45) is 1.43. The van der Waals surface area contributed by atoms with Crippen molar-refractivity contribution in [3.63, 3.8) is 0 Å². The number of hydrogen-bond donors (Lipinski definition) is 2. The average Bonchev–Trinajstić information content (AvgIpc) is 3.51. The molecule has 0 atom stereocenters. The van der Waals surface area contributed by atoms with Crippen LogP contribution in [-0.4, -0.2) is 47.6 Å². The van der Waals surface area contributed by atoms with E-state index in [-0.39, 0.29) is 59.1 Å². The predicted molar refractivity (Wildman–Crippen MR) is 145 cm³/mol. The number of esters is 1. The summed E-state index contributed by atoms with van der Waals surface area (Å²) in [5.74, 6) is -1.73. The van der Waals surface area contributed by atoms with Crippen LogP contribution in [0.1, 0.15) is 44.7 Å². The van der Waals surface area contributed by atoms with Gasteiger partial charge in [-0.05, 0) is 70.4 Å². The lowest BCUT2D eigenvalue weighted by molar-refractivity contribution is -0.123. The highest BCUT2D eigenvalue weighted by molar-refractivity contribution is 9.10. The second-order valence-corrected chi connectivity index (χ2v) is 9.46. The molecule has 208 valence electrons. The van der Waals surface area contributed by atoms with Crippen LogP contribution >= 0.6 is 27.5 Å². The fraction of sp³-hybridized carbons (Fsp3) is 0.185. The zero-order valence-electron chi connectivity index (χ0n) is 21.2. The molecule has 11 nitrogen and oxygen atoms in total. The molecule has 0 saturated carbocycles. The maximum absolute atomic E-state index is 13.0. The Balaban J connectivity index is 1.57. The van der Waals surface area contributed by atoms with Gasteiger partial charge in [0.25, 0.3) is 5.91 Å². The lowest BCUT2D eigenvalue weighted by Gasteiger charge is -2.16. The molecule has 1 fully saturated rings. The summed E-state index contributed by atoms with van der Waals surface area (Å²) in [5.41, 5.74) is 1.12. The second kappa shape index (κ2) is 12.3. The number of nitrogens with zero attached hydrogens (tertiary/aromatic N) is 1. The van der Waals surface area contributed by atoms with Crippen molar-refractivity contribution in [1.29, 1.82) is 0 Å². The number of rotatable bonds is 10. The molecule has 1 aromatic heterocycles. The fourth-order valence-corrected chi connectivity index (χ4v) is 4.42. The summed E-state index contributed by atoms with van der Waals surface area (Å²) in [7, 11) is 1.21. The van der Waals surface area contributed by atoms with Gasteiger partial charge in [-0.25, -0.2) is 14.4 Å². The van der Waals surface area contributed by atoms with Crippen molar-refractivity contribution in [2.45, 2.75) is 20.1 Å². The molecule has 0 spiro atoms. The minimum atomic E-state index is -1.06. The first-order valence-electron chi connectivity index (χ1n) is 11.7. The van der Waals surface area contributed by atoms with Gasteiger partial charge in [0.2, 0.25) is 5.76 Å². The van der Waals surface area contributed by atoms with Gasteiger partial charge in [0.15, 0.2) is 11.5 Å². The number of methoxy groups -OCH3 is 1. The molecule has 1 saturated heterocycles. The molecule has 0 radical (unpaired) electrons. The number of aromatic carboxylic acids is 1. The summed E-state index contributed by atoms with van der Waals surface area (Å²) in [4.78, 5) is 49.4. The zero-order valence-corrected chi connectivity index (χ0v) is 23.5. The molecule has 0 bridgehead atoms. The quantitative estimate of drug-likeness (QED) is 0.174. The second-order valence-electron chi connectivity index (χ2n) is 8.29. The molecular formula is C27H22BrClN2O9. The van der Waals surface area contributed by atoms with Crippen LogP contribution in [0.25, 0.3) is 6.08 Å². The molecule has 4 rings (SSSR count). The Morgan fingerprint density at radius 2 is 1.95 bits per heavy atom. The predicted octanol–water partition coefficient (Wildman–Crippen LogP) is 5.25. The lowest BCUT2D eigenvalue weighted by Crippen LogP contribution is -2.30. The van der Waals surface area contributed by atoms with E-state index in [1.807, 2.05) is 0 Å². The van der Waals surface area contributed by atoms with E-state index in [2.05, 4.69) is 26.0 Å². The molecule has 40 heavy (non-hydrogen) atoms. The number of nitrogens with one attached hydrogen (secondary N) is 1. The normalized spacial score (nSPS) is 13.9. The minimum Gasteiger partial charge on any atom is -0.490 e. The van der Waals surface area contributed by atoms with E-state index in [1.54, 1.807) is 25.1 Å². The third-order valence-electron chi connectivity index (χ3n) is 5.64. The number of carboxylic acid groups (broad SMARTS) is 1. The summed E-state index contributed by atoms with van der Waals surface area (Å²) >= 11 is 10.0. The molecule has 0 unspecified atom stereocenters. The highest BCUT2D eigenvalue weighted by atomic mass is 79.9. The topological polar surface area (TPSA) is 145 Å². The molecule has 2 N–H and O–H groups in total. The van der Waals surface area contributed by atoms with Crippen LogP contribution in [0.3, 0.4) is 0 Å². The van der Waals surface area contributed by atoms with Gasteiger partial charge < -0.3 is 29.1 Å². The Kier molecular flexibility index (Phi) is 8.80. The van der Waals surface area contributed by atoms with Gasteiger partial charge >= 0.3 is 18.0 Å². The molecule has 1 aliphatic heterocycles. The van der Waals surface area contributed by atoms with Crippen molar-refractivity contribution in [2.75, 3.05) is 13.7 Å². The number of carboxylic acids is 1. The van der Waals surface area contributed by atoms with Crippen LogP contribution in [0.15, 0.2) is 57.1 Å². The third-order valence-corrected chi connectivity index (χ3v) is 7.08. The van der Waals surface area contributed by atoms with E-state index in [9.17, 15) is 24.3 Å². The standard InChI is InChI=1S/C27H22BrClN2O9/c1-3-38-20-11-16(21(28)22(29)23(20)39-13-14-5-4-6-15(9-14)25(33)34)10-18-24(32)31(27(36)30-18)12-17-7-8-19(40-17)26(35)37-2/h4-11H,3,12-13H2,1-2H3,(H,30,36)(H,33,34)/b18-10-. The Hall–Kier alpha value is -4.29. The van der Waals surface area contributed by atoms with Gasteiger partial charge in [-0.2, -0.15) is 0 Å². The number of carbonyl (C=O) groups is 4. The monoisotopic (exact) mass is 632 g/mol. The number of halogens is 2. The molecule has 3 aromatic rings. The number of hydrogen-bond acceptors (Lipinski definition) is 8. The highest BCUT2D eigenvalue weighted by Gasteiger charge is 2.35. The van der Waals surface area contributed by atoms with Crippen LogP contribution in [0.2, 0.25) is 5.02 Å². The lowest BCUT2D eigenvalue weighted by atomic mass is 10.1. The summed E-state index contributed by atoms with van der Waals surface area (Å²) in [5, 5.41) is 11.9. The first-order valence-corrected chi connectivity index (χ1v) is 12.9. The van der Waals surface area contributed by atoms with E-state index in [1.165, 1.54) is 37.5 Å². The zero-order chi connectivity index (χ0) is 29.0. The molecule has 3 amide bonds. The number of imide groups is 1. The van der Waals surface area contributed by atoms with Crippen LogP contribution in [-0.2, 0) is 22.7 Å². The minimum absolute atomic E-state index is 0.0156. The van der Waals surface area contributed by atoms with Crippen molar-refractivity contribution < 1.29 is 42.9 Å².